The molecule has 4 nitrogen and oxygen atoms in total. The minimum atomic E-state index is -0.731. The van der Waals surface area contributed by atoms with Crippen LogP contribution in [-0.4, -0.2) is 41.7 Å². The molecule has 1 saturated heterocycles. The minimum Gasteiger partial charge on any atom is -0.481 e. The summed E-state index contributed by atoms with van der Waals surface area (Å²) in [5.74, 6) is -0.199. The van der Waals surface area contributed by atoms with Crippen LogP contribution >= 0.6 is 0 Å². The highest BCUT2D eigenvalue weighted by atomic mass is 16.4. The van der Waals surface area contributed by atoms with Crippen molar-refractivity contribution in [2.24, 2.45) is 17.1 Å². The van der Waals surface area contributed by atoms with Gasteiger partial charge in [0.25, 0.3) is 0 Å². The van der Waals surface area contributed by atoms with E-state index >= 15 is 0 Å². The maximum atomic E-state index is 11.0. The standard InChI is InChI=1S/C11H22N2O2/c1-8-4-9(5-12)6-13(8)7-11(2,3)10(14)15/h8-9H,4-7,12H2,1-3H3,(H,14,15). The largest absolute Gasteiger partial charge is 0.481 e. The van der Waals surface area contributed by atoms with Gasteiger partial charge < -0.3 is 10.8 Å². The molecule has 0 amide bonds. The Bertz CT molecular complexity index is 241. The first-order valence-electron chi connectivity index (χ1n) is 5.54. The van der Waals surface area contributed by atoms with Crippen LogP contribution in [0.1, 0.15) is 27.2 Å². The van der Waals surface area contributed by atoms with Gasteiger partial charge in [-0.3, -0.25) is 9.69 Å². The molecule has 0 radical (unpaired) electrons. The van der Waals surface area contributed by atoms with Gasteiger partial charge in [-0.05, 0) is 39.7 Å². The maximum absolute atomic E-state index is 11.0. The van der Waals surface area contributed by atoms with Gasteiger partial charge in [0, 0.05) is 19.1 Å². The molecule has 1 aliphatic rings. The summed E-state index contributed by atoms with van der Waals surface area (Å²) in [4.78, 5) is 13.3. The second kappa shape index (κ2) is 4.49. The number of rotatable bonds is 4. The molecule has 2 unspecified atom stereocenters. The van der Waals surface area contributed by atoms with Gasteiger partial charge >= 0.3 is 5.97 Å². The predicted octanol–water partition coefficient (Wildman–Crippen LogP) is 0.766. The van der Waals surface area contributed by atoms with Crippen LogP contribution in [0.5, 0.6) is 0 Å². The number of aliphatic carboxylic acids is 1. The molecule has 0 bridgehead atoms. The first kappa shape index (κ1) is 12.5. The summed E-state index contributed by atoms with van der Waals surface area (Å²) >= 11 is 0. The van der Waals surface area contributed by atoms with Gasteiger partial charge in [-0.15, -0.1) is 0 Å². The summed E-state index contributed by atoms with van der Waals surface area (Å²) in [6.45, 7) is 7.95. The van der Waals surface area contributed by atoms with Gasteiger partial charge in [-0.25, -0.2) is 0 Å². The number of hydrogen-bond donors (Lipinski definition) is 2. The Morgan fingerprint density at radius 3 is 2.60 bits per heavy atom. The van der Waals surface area contributed by atoms with Gasteiger partial charge in [-0.1, -0.05) is 0 Å². The van der Waals surface area contributed by atoms with Crippen molar-refractivity contribution >= 4 is 5.97 Å². The van der Waals surface area contributed by atoms with E-state index in [4.69, 9.17) is 10.8 Å². The van der Waals surface area contributed by atoms with Crippen LogP contribution in [0.25, 0.3) is 0 Å². The number of carboxylic acids is 1. The van der Waals surface area contributed by atoms with Crippen molar-refractivity contribution in [1.82, 2.24) is 4.90 Å². The van der Waals surface area contributed by atoms with Crippen LogP contribution in [0.3, 0.4) is 0 Å². The molecule has 1 rings (SSSR count). The van der Waals surface area contributed by atoms with Crippen LogP contribution < -0.4 is 5.73 Å². The lowest BCUT2D eigenvalue weighted by Gasteiger charge is -2.29. The molecular formula is C11H22N2O2. The lowest BCUT2D eigenvalue weighted by Crippen LogP contribution is -2.41. The number of carbonyl (C=O) groups is 1. The Kier molecular flexibility index (Phi) is 3.73. The average Bonchev–Trinajstić information content (AvgIpc) is 2.46. The highest BCUT2D eigenvalue weighted by molar-refractivity contribution is 5.73. The number of likely N-dealkylation sites (tertiary alicyclic amines) is 1. The molecule has 1 heterocycles. The third kappa shape index (κ3) is 2.92. The number of hydrogen-bond acceptors (Lipinski definition) is 3. The zero-order chi connectivity index (χ0) is 11.6. The van der Waals surface area contributed by atoms with E-state index in [0.717, 1.165) is 13.0 Å². The molecular weight excluding hydrogens is 192 g/mol. The Morgan fingerprint density at radius 1 is 1.60 bits per heavy atom. The van der Waals surface area contributed by atoms with E-state index in [1.807, 2.05) is 0 Å². The Hall–Kier alpha value is -0.610. The van der Waals surface area contributed by atoms with E-state index in [1.165, 1.54) is 0 Å². The SMILES string of the molecule is CC1CC(CN)CN1CC(C)(C)C(=O)O. The topological polar surface area (TPSA) is 66.6 Å². The predicted molar refractivity (Wildman–Crippen MR) is 59.6 cm³/mol. The molecule has 88 valence electrons. The van der Waals surface area contributed by atoms with Gasteiger partial charge in [0.1, 0.15) is 0 Å². The number of carboxylic acid groups (broad SMARTS) is 1. The third-order valence-corrected chi connectivity index (χ3v) is 3.30. The molecule has 0 spiro atoms. The van der Waals surface area contributed by atoms with Crippen LogP contribution in [0.4, 0.5) is 0 Å². The summed E-state index contributed by atoms with van der Waals surface area (Å²) < 4.78 is 0. The van der Waals surface area contributed by atoms with Gasteiger partial charge in [0.2, 0.25) is 0 Å². The van der Waals surface area contributed by atoms with Crippen LogP contribution in [0, 0.1) is 11.3 Å². The molecule has 15 heavy (non-hydrogen) atoms. The normalized spacial score (nSPS) is 28.3. The third-order valence-electron chi connectivity index (χ3n) is 3.30. The number of nitrogens with zero attached hydrogens (tertiary/aromatic N) is 1. The second-order valence-electron chi connectivity index (χ2n) is 5.30. The highest BCUT2D eigenvalue weighted by Gasteiger charge is 2.35. The Morgan fingerprint density at radius 2 is 2.20 bits per heavy atom. The average molecular weight is 214 g/mol. The summed E-state index contributed by atoms with van der Waals surface area (Å²) in [6, 6.07) is 0.456. The van der Waals surface area contributed by atoms with E-state index < -0.39 is 11.4 Å². The minimum absolute atomic E-state index is 0.456. The summed E-state index contributed by atoms with van der Waals surface area (Å²) in [6.07, 6.45) is 1.09. The van der Waals surface area contributed by atoms with E-state index in [-0.39, 0.29) is 0 Å². The fourth-order valence-electron chi connectivity index (χ4n) is 2.18. The summed E-state index contributed by atoms with van der Waals surface area (Å²) in [5.41, 5.74) is 4.97. The van der Waals surface area contributed by atoms with Crippen molar-refractivity contribution in [3.05, 3.63) is 0 Å². The van der Waals surface area contributed by atoms with Crippen LogP contribution in [0.2, 0.25) is 0 Å². The molecule has 2 atom stereocenters. The highest BCUT2D eigenvalue weighted by Crippen LogP contribution is 2.27. The molecule has 0 aromatic heterocycles. The van der Waals surface area contributed by atoms with Gasteiger partial charge in [-0.2, -0.15) is 0 Å². The Labute approximate surface area is 91.4 Å². The number of nitrogens with two attached hydrogens (primary N) is 1. The molecule has 4 heteroatoms. The fourth-order valence-corrected chi connectivity index (χ4v) is 2.18. The van der Waals surface area contributed by atoms with Crippen molar-refractivity contribution in [3.8, 4) is 0 Å². The van der Waals surface area contributed by atoms with E-state index in [1.54, 1.807) is 13.8 Å². The first-order chi connectivity index (χ1) is 6.86. The monoisotopic (exact) mass is 214 g/mol. The van der Waals surface area contributed by atoms with Crippen molar-refractivity contribution in [2.75, 3.05) is 19.6 Å². The van der Waals surface area contributed by atoms with Crippen LogP contribution in [0.15, 0.2) is 0 Å². The van der Waals surface area contributed by atoms with Crippen molar-refractivity contribution < 1.29 is 9.90 Å². The van der Waals surface area contributed by atoms with Gasteiger partial charge in [0.15, 0.2) is 0 Å². The molecule has 0 aromatic rings. The second-order valence-corrected chi connectivity index (χ2v) is 5.30. The van der Waals surface area contributed by atoms with E-state index in [0.29, 0.717) is 25.0 Å². The smallest absolute Gasteiger partial charge is 0.310 e. The quantitative estimate of drug-likeness (QED) is 0.725. The maximum Gasteiger partial charge on any atom is 0.310 e. The first-order valence-corrected chi connectivity index (χ1v) is 5.54. The fraction of sp³-hybridized carbons (Fsp3) is 0.909. The molecule has 1 aliphatic heterocycles. The lowest BCUT2D eigenvalue weighted by atomic mass is 9.93. The van der Waals surface area contributed by atoms with Crippen molar-refractivity contribution in [1.29, 1.82) is 0 Å². The van der Waals surface area contributed by atoms with E-state index in [9.17, 15) is 4.79 Å². The van der Waals surface area contributed by atoms with Crippen molar-refractivity contribution in [3.63, 3.8) is 0 Å². The van der Waals surface area contributed by atoms with Gasteiger partial charge in [0.05, 0.1) is 5.41 Å². The Balaban J connectivity index is 2.56. The molecule has 0 saturated carbocycles. The zero-order valence-electron chi connectivity index (χ0n) is 9.86. The molecule has 0 aromatic carbocycles. The zero-order valence-corrected chi connectivity index (χ0v) is 9.86. The molecule has 0 aliphatic carbocycles. The van der Waals surface area contributed by atoms with E-state index in [2.05, 4.69) is 11.8 Å². The summed E-state index contributed by atoms with van der Waals surface area (Å²) in [5, 5.41) is 9.06. The lowest BCUT2D eigenvalue weighted by molar-refractivity contribution is -0.148. The van der Waals surface area contributed by atoms with Crippen molar-refractivity contribution in [2.45, 2.75) is 33.2 Å². The summed E-state index contributed by atoms with van der Waals surface area (Å²) in [7, 11) is 0. The molecule has 1 fully saturated rings. The molecule has 3 N–H and O–H groups in total. The van der Waals surface area contributed by atoms with Crippen LogP contribution in [-0.2, 0) is 4.79 Å².